The van der Waals surface area contributed by atoms with E-state index < -0.39 is 6.10 Å². The molecule has 2 aliphatic rings. The molecule has 5 aromatic carbocycles. The van der Waals surface area contributed by atoms with Gasteiger partial charge in [-0.2, -0.15) is 0 Å². The van der Waals surface area contributed by atoms with Gasteiger partial charge in [-0.15, -0.1) is 0 Å². The van der Waals surface area contributed by atoms with Gasteiger partial charge in [-0.1, -0.05) is 24.3 Å². The standard InChI is InChI=1S/C30H31FN2O2.C23H25FN2O/c1-20-29(21(2)35-26-14-12-25(34-3)13-15-26)30(22-7-9-23(31)10-8-22)27-19-24(11-16-28(27)32-20)33-17-5-4-6-18-33;1-15-22(16(2)27)23(17-6-8-18(24)9-7-17)20-14-19(10-11-21(20)25-15)26-12-4-3-5-13-26/h7-16,19,21H,4-6,17-18H2,1-3H3;6-11,14,16,27H,3-5,12-13H2,1-2H3. The second-order valence-electron chi connectivity index (χ2n) is 16.6. The highest BCUT2D eigenvalue weighted by Gasteiger charge is 2.23. The highest BCUT2D eigenvalue weighted by Crippen LogP contribution is 2.41. The summed E-state index contributed by atoms with van der Waals surface area (Å²) in [6.07, 6.45) is 6.52. The Morgan fingerprint density at radius 3 is 1.40 bits per heavy atom. The first kappa shape index (κ1) is 42.6. The molecule has 0 spiro atoms. The van der Waals surface area contributed by atoms with Crippen molar-refractivity contribution in [1.29, 1.82) is 0 Å². The number of hydrogen-bond acceptors (Lipinski definition) is 7. The Hall–Kier alpha value is -6.06. The Morgan fingerprint density at radius 1 is 0.548 bits per heavy atom. The predicted octanol–water partition coefficient (Wildman–Crippen LogP) is 12.9. The van der Waals surface area contributed by atoms with E-state index >= 15 is 0 Å². The van der Waals surface area contributed by atoms with Crippen LogP contribution >= 0.6 is 0 Å². The topological polar surface area (TPSA) is 71.0 Å². The Labute approximate surface area is 364 Å². The smallest absolute Gasteiger partial charge is 0.123 e. The molecular formula is C53H56F2N4O3. The number of fused-ring (bicyclic) bond motifs is 2. The number of aliphatic hydroxyl groups is 1. The van der Waals surface area contributed by atoms with Crippen molar-refractivity contribution < 1.29 is 23.4 Å². The third kappa shape index (κ3) is 9.24. The number of halogens is 2. The maximum absolute atomic E-state index is 13.9. The summed E-state index contributed by atoms with van der Waals surface area (Å²) in [5.41, 5.74) is 11.6. The molecule has 0 aliphatic carbocycles. The van der Waals surface area contributed by atoms with Gasteiger partial charge in [0.25, 0.3) is 0 Å². The van der Waals surface area contributed by atoms with Crippen molar-refractivity contribution >= 4 is 33.2 Å². The first-order valence-corrected chi connectivity index (χ1v) is 22.0. The number of pyridine rings is 2. The zero-order valence-corrected chi connectivity index (χ0v) is 36.4. The van der Waals surface area contributed by atoms with Crippen LogP contribution in [0.4, 0.5) is 20.2 Å². The molecule has 2 saturated heterocycles. The van der Waals surface area contributed by atoms with Crippen LogP contribution in [0.1, 0.15) is 87.1 Å². The zero-order valence-electron chi connectivity index (χ0n) is 36.4. The van der Waals surface area contributed by atoms with Crippen molar-refractivity contribution in [3.8, 4) is 33.8 Å². The van der Waals surface area contributed by atoms with E-state index in [0.29, 0.717) is 0 Å². The van der Waals surface area contributed by atoms with Gasteiger partial charge in [-0.3, -0.25) is 9.97 Å². The monoisotopic (exact) mass is 834 g/mol. The first-order valence-electron chi connectivity index (χ1n) is 22.0. The number of anilines is 2. The SMILES string of the molecule is COc1ccc(OC(C)c2c(C)nc3ccc(N4CCCCC4)cc3c2-c2ccc(F)cc2)cc1.Cc1nc2ccc(N3CCCCC3)cc2c(-c2ccc(F)cc2)c1C(C)O. The molecular weight excluding hydrogens is 779 g/mol. The van der Waals surface area contributed by atoms with Crippen LogP contribution in [0.25, 0.3) is 44.1 Å². The fraction of sp³-hybridized carbons (Fsp3) is 0.321. The Bertz CT molecular complexity index is 2640. The maximum Gasteiger partial charge on any atom is 0.123 e. The molecule has 0 amide bonds. The van der Waals surface area contributed by atoms with E-state index in [1.165, 1.54) is 74.2 Å². The Morgan fingerprint density at radius 2 is 0.968 bits per heavy atom. The van der Waals surface area contributed by atoms with Crippen molar-refractivity contribution in [2.45, 2.75) is 78.4 Å². The lowest BCUT2D eigenvalue weighted by Gasteiger charge is -2.29. The molecule has 2 fully saturated rings. The Balaban J connectivity index is 0.000000176. The molecule has 7 aromatic rings. The molecule has 0 radical (unpaired) electrons. The highest BCUT2D eigenvalue weighted by atomic mass is 19.1. The summed E-state index contributed by atoms with van der Waals surface area (Å²) in [4.78, 5) is 14.6. The van der Waals surface area contributed by atoms with E-state index in [1.807, 2.05) is 57.2 Å². The van der Waals surface area contributed by atoms with Crippen LogP contribution in [0.3, 0.4) is 0 Å². The van der Waals surface area contributed by atoms with Gasteiger partial charge in [0, 0.05) is 70.8 Å². The lowest BCUT2D eigenvalue weighted by Crippen LogP contribution is -2.29. The molecule has 1 N–H and O–H groups in total. The van der Waals surface area contributed by atoms with Gasteiger partial charge < -0.3 is 24.4 Å². The first-order chi connectivity index (χ1) is 30.1. The molecule has 2 atom stereocenters. The predicted molar refractivity (Wildman–Crippen MR) is 249 cm³/mol. The van der Waals surface area contributed by atoms with Crippen molar-refractivity contribution in [1.82, 2.24) is 9.97 Å². The number of rotatable bonds is 9. The van der Waals surface area contributed by atoms with E-state index in [9.17, 15) is 13.9 Å². The van der Waals surface area contributed by atoms with Crippen molar-refractivity contribution in [3.63, 3.8) is 0 Å². The van der Waals surface area contributed by atoms with Crippen LogP contribution in [-0.2, 0) is 0 Å². The third-order valence-electron chi connectivity index (χ3n) is 12.3. The fourth-order valence-electron chi connectivity index (χ4n) is 9.26. The number of benzene rings is 5. The minimum atomic E-state index is -0.652. The average Bonchev–Trinajstić information content (AvgIpc) is 3.29. The summed E-state index contributed by atoms with van der Waals surface area (Å²) < 4.78 is 39.0. The Kier molecular flexibility index (Phi) is 13.0. The molecule has 320 valence electrons. The lowest BCUT2D eigenvalue weighted by molar-refractivity contribution is 0.199. The molecule has 2 aliphatic heterocycles. The van der Waals surface area contributed by atoms with E-state index in [4.69, 9.17) is 19.4 Å². The van der Waals surface area contributed by atoms with Crippen LogP contribution < -0.4 is 19.3 Å². The number of nitrogens with zero attached hydrogens (tertiary/aromatic N) is 4. The van der Waals surface area contributed by atoms with Crippen molar-refractivity contribution in [2.24, 2.45) is 0 Å². The molecule has 9 heteroatoms. The van der Waals surface area contributed by atoms with Gasteiger partial charge >= 0.3 is 0 Å². The second-order valence-corrected chi connectivity index (χ2v) is 16.6. The van der Waals surface area contributed by atoms with Crippen LogP contribution in [-0.4, -0.2) is 48.4 Å². The van der Waals surface area contributed by atoms with Crippen molar-refractivity contribution in [2.75, 3.05) is 43.1 Å². The van der Waals surface area contributed by atoms with Gasteiger partial charge in [-0.25, -0.2) is 8.78 Å². The number of ether oxygens (including phenoxy) is 2. The quantitative estimate of drug-likeness (QED) is 0.155. The molecule has 2 aromatic heterocycles. The lowest BCUT2D eigenvalue weighted by atomic mass is 9.91. The summed E-state index contributed by atoms with van der Waals surface area (Å²) in [5, 5.41) is 12.5. The van der Waals surface area contributed by atoms with Crippen LogP contribution in [0.15, 0.2) is 109 Å². The van der Waals surface area contributed by atoms with Gasteiger partial charge in [0.15, 0.2) is 0 Å². The molecule has 0 bridgehead atoms. The van der Waals surface area contributed by atoms with Gasteiger partial charge in [0.1, 0.15) is 29.2 Å². The minimum Gasteiger partial charge on any atom is -0.497 e. The molecule has 2 unspecified atom stereocenters. The molecule has 62 heavy (non-hydrogen) atoms. The van der Waals surface area contributed by atoms with Crippen molar-refractivity contribution in [3.05, 3.63) is 143 Å². The maximum atomic E-state index is 13.9. The summed E-state index contributed by atoms with van der Waals surface area (Å²) >= 11 is 0. The minimum absolute atomic E-state index is 0.248. The van der Waals surface area contributed by atoms with Crippen LogP contribution in [0.2, 0.25) is 0 Å². The van der Waals surface area contributed by atoms with Gasteiger partial charge in [0.2, 0.25) is 0 Å². The number of piperidine rings is 2. The number of hydrogen-bond donors (Lipinski definition) is 1. The van der Waals surface area contributed by atoms with E-state index in [0.717, 1.165) is 104 Å². The van der Waals surface area contributed by atoms with E-state index in [-0.39, 0.29) is 17.7 Å². The third-order valence-corrected chi connectivity index (χ3v) is 12.3. The van der Waals surface area contributed by atoms with Crippen LogP contribution in [0, 0.1) is 25.5 Å². The number of aryl methyl sites for hydroxylation is 2. The second kappa shape index (κ2) is 18.9. The summed E-state index contributed by atoms with van der Waals surface area (Å²) in [5.74, 6) is 1.03. The molecule has 9 rings (SSSR count). The van der Waals surface area contributed by atoms with E-state index in [1.54, 1.807) is 26.2 Å². The number of aromatic nitrogens is 2. The summed E-state index contributed by atoms with van der Waals surface area (Å²) in [7, 11) is 1.65. The van der Waals surface area contributed by atoms with Gasteiger partial charge in [-0.05, 0) is 173 Å². The largest absolute Gasteiger partial charge is 0.497 e. The summed E-state index contributed by atoms with van der Waals surface area (Å²) in [6, 6.07) is 33.7. The molecule has 0 saturated carbocycles. The normalized spacial score (nSPS) is 15.2. The average molecular weight is 835 g/mol. The number of methoxy groups -OCH3 is 1. The highest BCUT2D eigenvalue weighted by molar-refractivity contribution is 6.00. The zero-order chi connectivity index (χ0) is 43.3. The fourth-order valence-corrected chi connectivity index (χ4v) is 9.26. The van der Waals surface area contributed by atoms with E-state index in [2.05, 4.69) is 46.2 Å². The number of aliphatic hydroxyl groups excluding tert-OH is 1. The molecule has 4 heterocycles. The summed E-state index contributed by atoms with van der Waals surface area (Å²) in [6.45, 7) is 12.0. The molecule has 7 nitrogen and oxygen atoms in total. The van der Waals surface area contributed by atoms with Gasteiger partial charge in [0.05, 0.1) is 24.2 Å². The van der Waals surface area contributed by atoms with Crippen LogP contribution in [0.5, 0.6) is 11.5 Å².